The van der Waals surface area contributed by atoms with Gasteiger partial charge in [-0.25, -0.2) is 16.8 Å². The number of hydrogen-bond acceptors (Lipinski definition) is 3. The number of rotatable bonds is 4. The van der Waals surface area contributed by atoms with Gasteiger partial charge in [-0.15, -0.1) is 0 Å². The lowest BCUT2D eigenvalue weighted by molar-refractivity contribution is 0.133. The van der Waals surface area contributed by atoms with E-state index in [1.807, 2.05) is 31.2 Å². The van der Waals surface area contributed by atoms with Crippen molar-refractivity contribution >= 4 is 20.9 Å². The fourth-order valence-corrected chi connectivity index (χ4v) is 5.05. The molecular formula is C21H23FN2O2S. The molecule has 142 valence electrons. The molecule has 4 rings (SSSR count). The lowest BCUT2D eigenvalue weighted by atomic mass is 10.1. The summed E-state index contributed by atoms with van der Waals surface area (Å²) in [5.74, 6) is 0. The lowest BCUT2D eigenvalue weighted by Gasteiger charge is -2.28. The van der Waals surface area contributed by atoms with Gasteiger partial charge >= 0.3 is 0 Å². The average Bonchev–Trinajstić information content (AvgIpc) is 3.06. The Bertz CT molecular complexity index is 1060. The van der Waals surface area contributed by atoms with Crippen molar-refractivity contribution in [3.63, 3.8) is 0 Å². The van der Waals surface area contributed by atoms with E-state index < -0.39 is 16.2 Å². The predicted octanol–water partition coefficient (Wildman–Crippen LogP) is 4.12. The molecule has 3 aromatic rings. The summed E-state index contributed by atoms with van der Waals surface area (Å²) in [6.45, 7) is 3.99. The van der Waals surface area contributed by atoms with Gasteiger partial charge in [0.05, 0.1) is 10.4 Å². The summed E-state index contributed by atoms with van der Waals surface area (Å²) in [6.07, 6.45) is 2.38. The van der Waals surface area contributed by atoms with E-state index in [4.69, 9.17) is 0 Å². The zero-order chi connectivity index (χ0) is 19.0. The molecule has 0 spiro atoms. The number of piperidine rings is 1. The third-order valence-electron chi connectivity index (χ3n) is 5.15. The van der Waals surface area contributed by atoms with Crippen LogP contribution in [0.25, 0.3) is 10.9 Å². The summed E-state index contributed by atoms with van der Waals surface area (Å²) < 4.78 is 40.9. The van der Waals surface area contributed by atoms with E-state index >= 15 is 0 Å². The zero-order valence-electron chi connectivity index (χ0n) is 15.3. The van der Waals surface area contributed by atoms with Crippen molar-refractivity contribution in [2.45, 2.75) is 37.4 Å². The molecule has 0 N–H and O–H groups in total. The largest absolute Gasteiger partial charge is 0.296 e. The molecule has 0 amide bonds. The third-order valence-corrected chi connectivity index (χ3v) is 6.86. The van der Waals surface area contributed by atoms with Crippen LogP contribution in [0, 0.1) is 6.92 Å². The van der Waals surface area contributed by atoms with Gasteiger partial charge in [0.2, 0.25) is 0 Å². The molecule has 1 saturated heterocycles. The Hall–Kier alpha value is -2.18. The Labute approximate surface area is 159 Å². The van der Waals surface area contributed by atoms with Crippen LogP contribution in [0.4, 0.5) is 4.39 Å². The normalized spacial score (nSPS) is 18.8. The van der Waals surface area contributed by atoms with Gasteiger partial charge < -0.3 is 0 Å². The average molecular weight is 386 g/mol. The van der Waals surface area contributed by atoms with Gasteiger partial charge in [0.1, 0.15) is 6.17 Å². The molecule has 6 heteroatoms. The van der Waals surface area contributed by atoms with Crippen molar-refractivity contribution in [1.82, 2.24) is 8.87 Å². The summed E-state index contributed by atoms with van der Waals surface area (Å²) in [7, 11) is -3.63. The summed E-state index contributed by atoms with van der Waals surface area (Å²) in [6, 6.07) is 14.5. The molecule has 27 heavy (non-hydrogen) atoms. The second-order valence-corrected chi connectivity index (χ2v) is 9.11. The topological polar surface area (TPSA) is 42.3 Å². The van der Waals surface area contributed by atoms with E-state index in [2.05, 4.69) is 4.90 Å². The highest BCUT2D eigenvalue weighted by Gasteiger charge is 2.21. The predicted molar refractivity (Wildman–Crippen MR) is 105 cm³/mol. The van der Waals surface area contributed by atoms with Crippen molar-refractivity contribution in [3.8, 4) is 0 Å². The van der Waals surface area contributed by atoms with Crippen LogP contribution in [-0.4, -0.2) is 36.6 Å². The molecule has 2 heterocycles. The summed E-state index contributed by atoms with van der Waals surface area (Å²) in [5, 5.41) is 0.872. The van der Waals surface area contributed by atoms with E-state index in [9.17, 15) is 12.8 Å². The van der Waals surface area contributed by atoms with Crippen molar-refractivity contribution < 1.29 is 12.8 Å². The van der Waals surface area contributed by atoms with Crippen molar-refractivity contribution in [2.24, 2.45) is 0 Å². The number of hydrogen-bond donors (Lipinski definition) is 0. The van der Waals surface area contributed by atoms with Crippen LogP contribution < -0.4 is 0 Å². The first-order chi connectivity index (χ1) is 12.9. The molecule has 1 aromatic heterocycles. The van der Waals surface area contributed by atoms with Crippen LogP contribution in [0.5, 0.6) is 0 Å². The molecule has 1 aliphatic heterocycles. The highest BCUT2D eigenvalue weighted by molar-refractivity contribution is 7.90. The SMILES string of the molecule is Cc1ccc(S(=O)(=O)n2ccc3cc(CN4CCCC(F)C4)ccc32)cc1. The molecule has 1 fully saturated rings. The van der Waals surface area contributed by atoms with Gasteiger partial charge in [0.25, 0.3) is 10.0 Å². The molecule has 1 atom stereocenters. The quantitative estimate of drug-likeness (QED) is 0.677. The maximum atomic E-state index is 13.6. The molecule has 0 radical (unpaired) electrons. The fraction of sp³-hybridized carbons (Fsp3) is 0.333. The van der Waals surface area contributed by atoms with Crippen LogP contribution in [-0.2, 0) is 16.6 Å². The standard InChI is InChI=1S/C21H23FN2O2S/c1-16-4-7-20(8-5-16)27(25,26)24-12-10-18-13-17(6-9-21(18)24)14-23-11-2-3-19(22)15-23/h4-10,12-13,19H,2-3,11,14-15H2,1H3. The third kappa shape index (κ3) is 3.64. The summed E-state index contributed by atoms with van der Waals surface area (Å²) in [5.41, 5.74) is 2.74. The van der Waals surface area contributed by atoms with Crippen LogP contribution in [0.3, 0.4) is 0 Å². The highest BCUT2D eigenvalue weighted by atomic mass is 32.2. The fourth-order valence-electron chi connectivity index (χ4n) is 3.70. The zero-order valence-corrected chi connectivity index (χ0v) is 16.1. The lowest BCUT2D eigenvalue weighted by Crippen LogP contribution is -2.35. The summed E-state index contributed by atoms with van der Waals surface area (Å²) in [4.78, 5) is 2.40. The number of aryl methyl sites for hydroxylation is 1. The molecule has 2 aromatic carbocycles. The van der Waals surface area contributed by atoms with Crippen LogP contribution >= 0.6 is 0 Å². The van der Waals surface area contributed by atoms with Crippen molar-refractivity contribution in [2.75, 3.05) is 13.1 Å². The first-order valence-electron chi connectivity index (χ1n) is 9.22. The maximum Gasteiger partial charge on any atom is 0.268 e. The van der Waals surface area contributed by atoms with Crippen molar-refractivity contribution in [1.29, 1.82) is 0 Å². The van der Waals surface area contributed by atoms with Gasteiger partial charge in [0.15, 0.2) is 0 Å². The summed E-state index contributed by atoms with van der Waals surface area (Å²) >= 11 is 0. The molecule has 1 aliphatic rings. The number of nitrogens with zero attached hydrogens (tertiary/aromatic N) is 2. The van der Waals surface area contributed by atoms with E-state index in [1.54, 1.807) is 30.5 Å². The van der Waals surface area contributed by atoms with Crippen LogP contribution in [0.2, 0.25) is 0 Å². The van der Waals surface area contributed by atoms with E-state index in [0.717, 1.165) is 29.5 Å². The Kier molecular flexibility index (Phi) is 4.78. The Morgan fingerprint density at radius 2 is 1.89 bits per heavy atom. The molecule has 0 aliphatic carbocycles. The number of alkyl halides is 1. The molecule has 4 nitrogen and oxygen atoms in total. The van der Waals surface area contributed by atoms with E-state index in [1.165, 1.54) is 3.97 Å². The Morgan fingerprint density at radius 1 is 1.11 bits per heavy atom. The number of fused-ring (bicyclic) bond motifs is 1. The minimum absolute atomic E-state index is 0.275. The van der Waals surface area contributed by atoms with Gasteiger partial charge in [-0.05, 0) is 62.2 Å². The number of likely N-dealkylation sites (tertiary alicyclic amines) is 1. The van der Waals surface area contributed by atoms with Crippen LogP contribution in [0.1, 0.15) is 24.0 Å². The Balaban J connectivity index is 1.63. The maximum absolute atomic E-state index is 13.6. The minimum Gasteiger partial charge on any atom is -0.296 e. The van der Waals surface area contributed by atoms with Gasteiger partial charge in [0, 0.05) is 24.7 Å². The molecule has 0 bridgehead atoms. The van der Waals surface area contributed by atoms with E-state index in [0.29, 0.717) is 25.0 Å². The van der Waals surface area contributed by atoms with Gasteiger partial charge in [-0.1, -0.05) is 23.8 Å². The number of aromatic nitrogens is 1. The Morgan fingerprint density at radius 3 is 2.63 bits per heavy atom. The van der Waals surface area contributed by atoms with Crippen molar-refractivity contribution in [3.05, 3.63) is 65.9 Å². The van der Waals surface area contributed by atoms with Crippen LogP contribution in [0.15, 0.2) is 59.6 Å². The second-order valence-electron chi connectivity index (χ2n) is 7.30. The number of halogens is 1. The minimum atomic E-state index is -3.63. The molecular weight excluding hydrogens is 363 g/mol. The molecule has 1 unspecified atom stereocenters. The monoisotopic (exact) mass is 386 g/mol. The first kappa shape index (κ1) is 18.2. The smallest absolute Gasteiger partial charge is 0.268 e. The highest BCUT2D eigenvalue weighted by Crippen LogP contribution is 2.24. The number of benzene rings is 2. The second kappa shape index (κ2) is 7.09. The first-order valence-corrected chi connectivity index (χ1v) is 10.7. The van der Waals surface area contributed by atoms with Gasteiger partial charge in [-0.3, -0.25) is 4.90 Å². The van der Waals surface area contributed by atoms with Gasteiger partial charge in [-0.2, -0.15) is 0 Å². The van der Waals surface area contributed by atoms with E-state index in [-0.39, 0.29) is 4.90 Å². The molecule has 0 saturated carbocycles.